The molecule has 4 nitrogen and oxygen atoms in total. The van der Waals surface area contributed by atoms with Crippen molar-refractivity contribution in [3.05, 3.63) is 52.3 Å². The Labute approximate surface area is 99.8 Å². The van der Waals surface area contributed by atoms with Crippen molar-refractivity contribution in [2.45, 2.75) is 20.3 Å². The number of nitrogens with one attached hydrogen (secondary N) is 1. The summed E-state index contributed by atoms with van der Waals surface area (Å²) in [6.07, 6.45) is 0.813. The molecular weight excluding hydrogens is 214 g/mol. The molecule has 2 rings (SSSR count). The number of rotatable bonds is 3. The molecule has 0 unspecified atom stereocenters. The largest absolute Gasteiger partial charge is 0.366 e. The van der Waals surface area contributed by atoms with E-state index >= 15 is 0 Å². The molecule has 3 N–H and O–H groups in total. The lowest BCUT2D eigenvalue weighted by atomic mass is 10.0. The molecule has 17 heavy (non-hydrogen) atoms. The van der Waals surface area contributed by atoms with E-state index in [-0.39, 0.29) is 0 Å². The van der Waals surface area contributed by atoms with Crippen molar-refractivity contribution >= 4 is 5.91 Å². The highest BCUT2D eigenvalue weighted by atomic mass is 16.1. The number of H-pyrrole nitrogens is 1. The molecule has 0 bridgehead atoms. The van der Waals surface area contributed by atoms with Gasteiger partial charge in [-0.05, 0) is 31.5 Å². The average molecular weight is 229 g/mol. The van der Waals surface area contributed by atoms with E-state index < -0.39 is 5.91 Å². The number of primary amides is 1. The summed E-state index contributed by atoms with van der Waals surface area (Å²) >= 11 is 0. The minimum absolute atomic E-state index is 0.396. The molecule has 1 aromatic heterocycles. The first kappa shape index (κ1) is 11.4. The fraction of sp³-hybridized carbons (Fsp3) is 0.231. The average Bonchev–Trinajstić information content (AvgIpc) is 2.61. The van der Waals surface area contributed by atoms with Gasteiger partial charge in [-0.2, -0.15) is 5.10 Å². The van der Waals surface area contributed by atoms with Crippen LogP contribution in [0.5, 0.6) is 0 Å². The van der Waals surface area contributed by atoms with Crippen LogP contribution >= 0.6 is 0 Å². The van der Waals surface area contributed by atoms with Crippen LogP contribution in [-0.2, 0) is 6.42 Å². The number of nitrogens with two attached hydrogens (primary N) is 1. The van der Waals surface area contributed by atoms with Crippen LogP contribution in [0.25, 0.3) is 0 Å². The highest BCUT2D eigenvalue weighted by molar-refractivity contribution is 5.92. The van der Waals surface area contributed by atoms with E-state index in [0.29, 0.717) is 5.56 Å². The number of hydrogen-bond donors (Lipinski definition) is 2. The number of benzene rings is 1. The fourth-order valence-corrected chi connectivity index (χ4v) is 1.83. The summed E-state index contributed by atoms with van der Waals surface area (Å²) in [6, 6.07) is 7.35. The van der Waals surface area contributed by atoms with E-state index in [1.54, 1.807) is 12.1 Å². The monoisotopic (exact) mass is 229 g/mol. The van der Waals surface area contributed by atoms with E-state index in [9.17, 15) is 4.79 Å². The van der Waals surface area contributed by atoms with Gasteiger partial charge in [0.25, 0.3) is 0 Å². The zero-order chi connectivity index (χ0) is 12.4. The van der Waals surface area contributed by atoms with Crippen molar-refractivity contribution in [1.29, 1.82) is 0 Å². The molecule has 0 aliphatic heterocycles. The first-order valence-corrected chi connectivity index (χ1v) is 5.47. The molecule has 0 fully saturated rings. The van der Waals surface area contributed by atoms with Gasteiger partial charge in [0.2, 0.25) is 5.91 Å². The number of nitrogens with zero attached hydrogens (tertiary/aromatic N) is 1. The number of aromatic amines is 1. The summed E-state index contributed by atoms with van der Waals surface area (Å²) < 4.78 is 0. The molecule has 0 aliphatic carbocycles. The lowest BCUT2D eigenvalue weighted by Crippen LogP contribution is -2.10. The lowest BCUT2D eigenvalue weighted by molar-refractivity contribution is 0.100. The van der Waals surface area contributed by atoms with Gasteiger partial charge in [0.15, 0.2) is 0 Å². The number of aryl methyl sites for hydroxylation is 2. The summed E-state index contributed by atoms with van der Waals surface area (Å²) in [5.41, 5.74) is 10.2. The number of aromatic nitrogens is 2. The standard InChI is InChI=1S/C13H15N3O/c1-8-12(9(2)16-15-8)7-10-3-5-11(6-4-10)13(14)17/h3-6H,7H2,1-2H3,(H2,14,17)(H,15,16). The third-order valence-electron chi connectivity index (χ3n) is 2.90. The minimum Gasteiger partial charge on any atom is -0.366 e. The molecule has 0 spiro atoms. The van der Waals surface area contributed by atoms with Gasteiger partial charge in [-0.25, -0.2) is 0 Å². The predicted molar refractivity (Wildman–Crippen MR) is 65.8 cm³/mol. The summed E-state index contributed by atoms with van der Waals surface area (Å²) in [7, 11) is 0. The molecule has 88 valence electrons. The second-order valence-electron chi connectivity index (χ2n) is 4.15. The quantitative estimate of drug-likeness (QED) is 0.841. The summed E-state index contributed by atoms with van der Waals surface area (Å²) in [4.78, 5) is 10.9. The lowest BCUT2D eigenvalue weighted by Gasteiger charge is -2.03. The zero-order valence-corrected chi connectivity index (χ0v) is 9.95. The van der Waals surface area contributed by atoms with Gasteiger partial charge in [0, 0.05) is 23.2 Å². The Morgan fingerprint density at radius 2 is 1.94 bits per heavy atom. The van der Waals surface area contributed by atoms with Crippen LogP contribution < -0.4 is 5.73 Å². The van der Waals surface area contributed by atoms with Crippen LogP contribution in [0.3, 0.4) is 0 Å². The van der Waals surface area contributed by atoms with E-state index in [1.165, 1.54) is 5.56 Å². The van der Waals surface area contributed by atoms with Crippen LogP contribution in [0.1, 0.15) is 32.9 Å². The van der Waals surface area contributed by atoms with Gasteiger partial charge in [0.1, 0.15) is 0 Å². The Morgan fingerprint density at radius 3 is 2.41 bits per heavy atom. The highest BCUT2D eigenvalue weighted by Crippen LogP contribution is 2.15. The van der Waals surface area contributed by atoms with E-state index in [4.69, 9.17) is 5.73 Å². The molecule has 0 saturated carbocycles. The molecule has 1 amide bonds. The molecule has 1 heterocycles. The Morgan fingerprint density at radius 1 is 1.29 bits per heavy atom. The number of carbonyl (C=O) groups is 1. The van der Waals surface area contributed by atoms with Crippen LogP contribution in [0.15, 0.2) is 24.3 Å². The second-order valence-corrected chi connectivity index (χ2v) is 4.15. The minimum atomic E-state index is -0.396. The third-order valence-corrected chi connectivity index (χ3v) is 2.90. The van der Waals surface area contributed by atoms with Gasteiger partial charge in [0.05, 0.1) is 5.69 Å². The summed E-state index contributed by atoms with van der Waals surface area (Å²) in [5.74, 6) is -0.396. The maximum Gasteiger partial charge on any atom is 0.248 e. The van der Waals surface area contributed by atoms with Crippen LogP contribution in [0, 0.1) is 13.8 Å². The molecule has 4 heteroatoms. The molecule has 0 radical (unpaired) electrons. The Bertz CT molecular complexity index is 521. The van der Waals surface area contributed by atoms with Gasteiger partial charge < -0.3 is 5.73 Å². The fourth-order valence-electron chi connectivity index (χ4n) is 1.83. The molecule has 0 saturated heterocycles. The Hall–Kier alpha value is -2.10. The van der Waals surface area contributed by atoms with Crippen LogP contribution in [0.2, 0.25) is 0 Å². The first-order chi connectivity index (χ1) is 8.08. The first-order valence-electron chi connectivity index (χ1n) is 5.47. The smallest absolute Gasteiger partial charge is 0.248 e. The second kappa shape index (κ2) is 4.41. The van der Waals surface area contributed by atoms with Crippen molar-refractivity contribution in [1.82, 2.24) is 10.2 Å². The van der Waals surface area contributed by atoms with Crippen molar-refractivity contribution in [2.75, 3.05) is 0 Å². The normalized spacial score (nSPS) is 10.5. The Balaban J connectivity index is 2.22. The topological polar surface area (TPSA) is 71.8 Å². The van der Waals surface area contributed by atoms with Gasteiger partial charge in [-0.3, -0.25) is 9.89 Å². The van der Waals surface area contributed by atoms with Gasteiger partial charge in [-0.15, -0.1) is 0 Å². The van der Waals surface area contributed by atoms with Crippen molar-refractivity contribution in [2.24, 2.45) is 5.73 Å². The molecule has 1 aromatic carbocycles. The molecule has 0 atom stereocenters. The SMILES string of the molecule is Cc1n[nH]c(C)c1Cc1ccc(C(N)=O)cc1. The maximum atomic E-state index is 10.9. The number of amides is 1. The van der Waals surface area contributed by atoms with E-state index in [1.807, 2.05) is 26.0 Å². The number of hydrogen-bond acceptors (Lipinski definition) is 2. The maximum absolute atomic E-state index is 10.9. The van der Waals surface area contributed by atoms with Crippen molar-refractivity contribution in [3.63, 3.8) is 0 Å². The molecule has 0 aliphatic rings. The van der Waals surface area contributed by atoms with Crippen LogP contribution in [-0.4, -0.2) is 16.1 Å². The number of carbonyl (C=O) groups excluding carboxylic acids is 1. The van der Waals surface area contributed by atoms with E-state index in [0.717, 1.165) is 23.4 Å². The van der Waals surface area contributed by atoms with Gasteiger partial charge >= 0.3 is 0 Å². The summed E-state index contributed by atoms with van der Waals surface area (Å²) in [6.45, 7) is 3.99. The third kappa shape index (κ3) is 2.36. The van der Waals surface area contributed by atoms with Crippen molar-refractivity contribution < 1.29 is 4.79 Å². The highest BCUT2D eigenvalue weighted by Gasteiger charge is 2.07. The van der Waals surface area contributed by atoms with Gasteiger partial charge in [-0.1, -0.05) is 12.1 Å². The van der Waals surface area contributed by atoms with Crippen LogP contribution in [0.4, 0.5) is 0 Å². The zero-order valence-electron chi connectivity index (χ0n) is 9.95. The molecule has 2 aromatic rings. The Kier molecular flexibility index (Phi) is 2.95. The molecular formula is C13H15N3O. The summed E-state index contributed by atoms with van der Waals surface area (Å²) in [5, 5.41) is 7.12. The van der Waals surface area contributed by atoms with Crippen molar-refractivity contribution in [3.8, 4) is 0 Å². The van der Waals surface area contributed by atoms with E-state index in [2.05, 4.69) is 10.2 Å². The predicted octanol–water partition coefficient (Wildman–Crippen LogP) is 1.72.